The number of carbonyl (C=O) groups excluding carboxylic acids is 1. The van der Waals surface area contributed by atoms with Gasteiger partial charge in [-0.05, 0) is 82.0 Å². The Kier molecular flexibility index (Phi) is 6.21. The third-order valence-electron chi connectivity index (χ3n) is 6.63. The van der Waals surface area contributed by atoms with Crippen LogP contribution in [-0.2, 0) is 19.0 Å². The lowest BCUT2D eigenvalue weighted by Gasteiger charge is -2.62. The average Bonchev–Trinajstić information content (AvgIpc) is 2.53. The van der Waals surface area contributed by atoms with Crippen LogP contribution in [0, 0.1) is 22.7 Å². The predicted octanol–water partition coefficient (Wildman–Crippen LogP) is 5.12. The summed E-state index contributed by atoms with van der Waals surface area (Å²) < 4.78 is 44.3. The molecule has 4 aliphatic rings. The fourth-order valence-electron chi connectivity index (χ4n) is 6.50. The summed E-state index contributed by atoms with van der Waals surface area (Å²) in [5.41, 5.74) is 0.157. The lowest BCUT2D eigenvalue weighted by molar-refractivity contribution is -0.204. The Hall–Kier alpha value is -1.01. The van der Waals surface area contributed by atoms with Crippen LogP contribution < -0.4 is 0 Å². The molecule has 0 spiro atoms. The van der Waals surface area contributed by atoms with Gasteiger partial charge in [0.1, 0.15) is 6.61 Å². The van der Waals surface area contributed by atoms with E-state index >= 15 is 0 Å². The van der Waals surface area contributed by atoms with Gasteiger partial charge >= 0.3 is 5.97 Å². The minimum absolute atomic E-state index is 0.00882. The zero-order chi connectivity index (χ0) is 20.6. The molecule has 0 aromatic rings. The fraction of sp³-hybridized carbons (Fsp3) is 0.864. The number of esters is 1. The van der Waals surface area contributed by atoms with E-state index < -0.39 is 18.2 Å². The molecule has 0 saturated heterocycles. The molecule has 4 rings (SSSR count). The van der Waals surface area contributed by atoms with Gasteiger partial charge in [0.2, 0.25) is 5.92 Å². The minimum Gasteiger partial charge on any atom is -0.460 e. The van der Waals surface area contributed by atoms with Gasteiger partial charge in [-0.3, -0.25) is 0 Å². The summed E-state index contributed by atoms with van der Waals surface area (Å²) in [6.45, 7) is 8.99. The summed E-state index contributed by atoms with van der Waals surface area (Å²) in [6, 6.07) is 0. The maximum absolute atomic E-state index is 13.9. The molecule has 4 fully saturated rings. The van der Waals surface area contributed by atoms with Crippen LogP contribution in [0.25, 0.3) is 0 Å². The van der Waals surface area contributed by atoms with Gasteiger partial charge in [-0.15, -0.1) is 0 Å². The summed E-state index contributed by atoms with van der Waals surface area (Å²) in [4.78, 5) is 11.3. The normalized spacial score (nSPS) is 35.0. The Morgan fingerprint density at radius 2 is 1.75 bits per heavy atom. The van der Waals surface area contributed by atoms with Crippen molar-refractivity contribution in [3.05, 3.63) is 12.2 Å². The van der Waals surface area contributed by atoms with Crippen molar-refractivity contribution in [3.63, 3.8) is 0 Å². The van der Waals surface area contributed by atoms with Gasteiger partial charge in [0.15, 0.2) is 6.29 Å². The molecule has 0 amide bonds. The molecule has 4 nitrogen and oxygen atoms in total. The second-order valence-electron chi connectivity index (χ2n) is 9.87. The van der Waals surface area contributed by atoms with E-state index in [-0.39, 0.29) is 30.5 Å². The zero-order valence-corrected chi connectivity index (χ0v) is 17.4. The SMILES string of the molecule is C=C(C)C(=O)OCCOC(C)OCC12CC3CC(C1)CC(CC(C)(F)F)(C3)C2. The highest BCUT2D eigenvalue weighted by Crippen LogP contribution is 2.67. The number of carbonyl (C=O) groups is 1. The summed E-state index contributed by atoms with van der Waals surface area (Å²) in [5.74, 6) is -1.91. The van der Waals surface area contributed by atoms with E-state index in [0.717, 1.165) is 39.0 Å². The van der Waals surface area contributed by atoms with Gasteiger partial charge < -0.3 is 14.2 Å². The first kappa shape index (κ1) is 21.7. The molecule has 6 heteroatoms. The van der Waals surface area contributed by atoms with Crippen molar-refractivity contribution < 1.29 is 27.8 Å². The first-order chi connectivity index (χ1) is 13.0. The van der Waals surface area contributed by atoms with Crippen molar-refractivity contribution in [2.75, 3.05) is 19.8 Å². The Balaban J connectivity index is 1.49. The van der Waals surface area contributed by atoms with E-state index in [4.69, 9.17) is 14.2 Å². The number of hydrogen-bond donors (Lipinski definition) is 0. The van der Waals surface area contributed by atoms with E-state index in [0.29, 0.717) is 24.0 Å². The van der Waals surface area contributed by atoms with E-state index in [2.05, 4.69) is 6.58 Å². The van der Waals surface area contributed by atoms with Crippen molar-refractivity contribution in [3.8, 4) is 0 Å². The number of alkyl halides is 2. The average molecular weight is 401 g/mol. The topological polar surface area (TPSA) is 44.8 Å². The van der Waals surface area contributed by atoms with Crippen LogP contribution in [0.3, 0.4) is 0 Å². The van der Waals surface area contributed by atoms with Crippen LogP contribution in [0.4, 0.5) is 8.78 Å². The predicted molar refractivity (Wildman–Crippen MR) is 102 cm³/mol. The monoisotopic (exact) mass is 400 g/mol. The number of ether oxygens (including phenoxy) is 3. The van der Waals surface area contributed by atoms with Crippen molar-refractivity contribution in [1.29, 1.82) is 0 Å². The first-order valence-corrected chi connectivity index (χ1v) is 10.4. The molecule has 4 bridgehead atoms. The summed E-state index contributed by atoms with van der Waals surface area (Å²) >= 11 is 0. The van der Waals surface area contributed by atoms with Gasteiger partial charge in [-0.25, -0.2) is 13.6 Å². The molecule has 3 atom stereocenters. The smallest absolute Gasteiger partial charge is 0.333 e. The van der Waals surface area contributed by atoms with Gasteiger partial charge in [-0.1, -0.05) is 6.58 Å². The molecule has 0 N–H and O–H groups in total. The highest BCUT2D eigenvalue weighted by atomic mass is 19.3. The Bertz CT molecular complexity index is 584. The summed E-state index contributed by atoms with van der Waals surface area (Å²) in [7, 11) is 0. The molecule has 160 valence electrons. The van der Waals surface area contributed by atoms with E-state index in [1.54, 1.807) is 6.92 Å². The van der Waals surface area contributed by atoms with Crippen LogP contribution in [0.1, 0.15) is 65.7 Å². The van der Waals surface area contributed by atoms with E-state index in [1.165, 1.54) is 6.42 Å². The molecule has 0 aliphatic heterocycles. The van der Waals surface area contributed by atoms with E-state index in [1.807, 2.05) is 6.92 Å². The van der Waals surface area contributed by atoms with Crippen molar-refractivity contribution in [2.24, 2.45) is 22.7 Å². The zero-order valence-electron chi connectivity index (χ0n) is 17.4. The highest BCUT2D eigenvalue weighted by Gasteiger charge is 2.59. The standard InChI is InChI=1S/C22H34F2O4/c1-15(2)19(25)27-6-5-26-16(3)28-14-22-10-17-7-18(11-22)9-21(8-17,13-22)12-20(4,23)24/h16-18H,1,5-14H2,2-4H3. The third-order valence-corrected chi connectivity index (χ3v) is 6.63. The van der Waals surface area contributed by atoms with Crippen molar-refractivity contribution >= 4 is 5.97 Å². The van der Waals surface area contributed by atoms with E-state index in [9.17, 15) is 13.6 Å². The number of rotatable bonds is 10. The Labute approximate surface area is 167 Å². The molecule has 0 heterocycles. The molecule has 3 unspecified atom stereocenters. The third kappa shape index (κ3) is 5.32. The molecule has 0 radical (unpaired) electrons. The molecule has 4 saturated carbocycles. The lowest BCUT2D eigenvalue weighted by Crippen LogP contribution is -2.55. The molecule has 4 aliphatic carbocycles. The quantitative estimate of drug-likeness (QED) is 0.221. The van der Waals surface area contributed by atoms with Gasteiger partial charge in [-0.2, -0.15) is 0 Å². The van der Waals surface area contributed by atoms with Crippen molar-refractivity contribution in [1.82, 2.24) is 0 Å². The van der Waals surface area contributed by atoms with Crippen LogP contribution in [0.2, 0.25) is 0 Å². The lowest BCUT2D eigenvalue weighted by atomic mass is 9.43. The van der Waals surface area contributed by atoms with Gasteiger partial charge in [0, 0.05) is 12.0 Å². The first-order valence-electron chi connectivity index (χ1n) is 10.4. The maximum Gasteiger partial charge on any atom is 0.333 e. The molecule has 0 aromatic carbocycles. The molecular weight excluding hydrogens is 366 g/mol. The van der Waals surface area contributed by atoms with Crippen LogP contribution in [0.5, 0.6) is 0 Å². The molecule has 28 heavy (non-hydrogen) atoms. The summed E-state index contributed by atoms with van der Waals surface area (Å²) in [5, 5.41) is 0. The van der Waals surface area contributed by atoms with Crippen LogP contribution >= 0.6 is 0 Å². The van der Waals surface area contributed by atoms with Crippen LogP contribution in [-0.4, -0.2) is 38.0 Å². The van der Waals surface area contributed by atoms with Gasteiger partial charge in [0.05, 0.1) is 13.2 Å². The Morgan fingerprint density at radius 1 is 1.14 bits per heavy atom. The molecule has 0 aromatic heterocycles. The van der Waals surface area contributed by atoms with Crippen LogP contribution in [0.15, 0.2) is 12.2 Å². The second kappa shape index (κ2) is 8.02. The maximum atomic E-state index is 13.9. The number of hydrogen-bond acceptors (Lipinski definition) is 4. The van der Waals surface area contributed by atoms with Crippen molar-refractivity contribution in [2.45, 2.75) is 77.9 Å². The Morgan fingerprint density at radius 3 is 2.32 bits per heavy atom. The fourth-order valence-corrected chi connectivity index (χ4v) is 6.50. The second-order valence-corrected chi connectivity index (χ2v) is 9.87. The highest BCUT2D eigenvalue weighted by molar-refractivity contribution is 5.86. The largest absolute Gasteiger partial charge is 0.460 e. The molecular formula is C22H34F2O4. The van der Waals surface area contributed by atoms with Gasteiger partial charge in [0.25, 0.3) is 0 Å². The summed E-state index contributed by atoms with van der Waals surface area (Å²) in [6.07, 6.45) is 5.71. The minimum atomic E-state index is -2.61. The number of halogens is 2.